The molecule has 1 heterocycles. The number of nitrogens with zero attached hydrogens (tertiary/aromatic N) is 2. The normalized spacial score (nSPS) is 18.1. The monoisotopic (exact) mass is 337 g/mol. The third kappa shape index (κ3) is 8.51. The highest BCUT2D eigenvalue weighted by atomic mass is 16.4. The first kappa shape index (κ1) is 19.4. The van der Waals surface area contributed by atoms with Crippen LogP contribution in [0.5, 0.6) is 0 Å². The zero-order valence-corrected chi connectivity index (χ0v) is 14.0. The van der Waals surface area contributed by atoms with E-state index >= 15 is 0 Å². The second-order valence-corrected chi connectivity index (χ2v) is 6.12. The molecule has 8 nitrogen and oxygen atoms in total. The van der Waals surface area contributed by atoms with Crippen molar-refractivity contribution >= 4 is 17.8 Å². The van der Waals surface area contributed by atoms with Gasteiger partial charge >= 0.3 is 5.97 Å². The van der Waals surface area contributed by atoms with Crippen LogP contribution in [0.25, 0.3) is 0 Å². The van der Waals surface area contributed by atoms with Crippen LogP contribution >= 0.6 is 0 Å². The van der Waals surface area contributed by atoms with Gasteiger partial charge in [0.05, 0.1) is 13.0 Å². The summed E-state index contributed by atoms with van der Waals surface area (Å²) in [6, 6.07) is 0.412. The molecule has 0 saturated carbocycles. The minimum absolute atomic E-state index is 0.0750. The maximum Gasteiger partial charge on any atom is 0.305 e. The van der Waals surface area contributed by atoms with E-state index in [9.17, 15) is 14.4 Å². The van der Waals surface area contributed by atoms with E-state index in [4.69, 9.17) is 5.11 Å². The van der Waals surface area contributed by atoms with Crippen molar-refractivity contribution in [3.8, 4) is 0 Å². The Morgan fingerprint density at radius 1 is 1.13 bits per heavy atom. The highest BCUT2D eigenvalue weighted by Crippen LogP contribution is 2.16. The second-order valence-electron chi connectivity index (χ2n) is 6.12. The summed E-state index contributed by atoms with van der Waals surface area (Å²) in [4.78, 5) is 38.0. The van der Waals surface area contributed by atoms with Gasteiger partial charge in [-0.3, -0.25) is 19.3 Å². The Bertz CT molecular complexity index is 414. The molecule has 0 spiro atoms. The maximum absolute atomic E-state index is 11.9. The van der Waals surface area contributed by atoms with E-state index in [-0.39, 0.29) is 37.7 Å². The molecule has 1 rings (SSSR count). The Balaban J connectivity index is 2.16. The van der Waals surface area contributed by atoms with Gasteiger partial charge in [0.2, 0.25) is 11.8 Å². The molecule has 1 aliphatic rings. The molecule has 0 radical (unpaired) electrons. The first-order chi connectivity index (χ1) is 10.9. The number of hydrogen-bond acceptors (Lipinski definition) is 5. The van der Waals surface area contributed by atoms with Gasteiger partial charge in [0.25, 0.3) is 0 Å². The van der Waals surface area contributed by atoms with E-state index < -0.39 is 5.97 Å². The fraction of sp³-hybridized carbons (Fsp3) is 0.800. The van der Waals surface area contributed by atoms with Crippen LogP contribution < -0.4 is 10.6 Å². The first-order valence-electron chi connectivity index (χ1n) is 8.02. The van der Waals surface area contributed by atoms with E-state index in [0.29, 0.717) is 12.6 Å². The molecule has 0 aromatic rings. The molecule has 23 heavy (non-hydrogen) atoms. The molecular formula is C15H28N4O4. The highest BCUT2D eigenvalue weighted by molar-refractivity contribution is 5.80. The van der Waals surface area contributed by atoms with Crippen molar-refractivity contribution in [3.05, 3.63) is 0 Å². The molecule has 0 aromatic heterocycles. The van der Waals surface area contributed by atoms with Gasteiger partial charge in [-0.1, -0.05) is 0 Å². The molecule has 0 bridgehead atoms. The number of carbonyl (C=O) groups excluding carboxylic acids is 2. The maximum atomic E-state index is 11.9. The number of hydrogen-bond donors (Lipinski definition) is 3. The van der Waals surface area contributed by atoms with Crippen molar-refractivity contribution in [2.24, 2.45) is 0 Å². The fourth-order valence-corrected chi connectivity index (χ4v) is 2.68. The van der Waals surface area contributed by atoms with Crippen LogP contribution in [0.4, 0.5) is 0 Å². The van der Waals surface area contributed by atoms with Gasteiger partial charge in [0, 0.05) is 32.1 Å². The molecule has 3 N–H and O–H groups in total. The second kappa shape index (κ2) is 10.2. The lowest BCUT2D eigenvalue weighted by molar-refractivity contribution is -0.137. The number of aliphatic carboxylic acids is 1. The summed E-state index contributed by atoms with van der Waals surface area (Å²) in [5.74, 6) is -1.27. The Morgan fingerprint density at radius 3 is 2.43 bits per heavy atom. The largest absolute Gasteiger partial charge is 0.481 e. The van der Waals surface area contributed by atoms with Gasteiger partial charge in [0.1, 0.15) is 0 Å². The summed E-state index contributed by atoms with van der Waals surface area (Å²) in [6.07, 6.45) is 2.28. The highest BCUT2D eigenvalue weighted by Gasteiger charge is 2.26. The average molecular weight is 337 g/mol. The van der Waals surface area contributed by atoms with Gasteiger partial charge in [-0.2, -0.15) is 0 Å². The predicted octanol–water partition coefficient (Wildman–Crippen LogP) is -0.890. The molecule has 0 aliphatic carbocycles. The summed E-state index contributed by atoms with van der Waals surface area (Å²) in [5.41, 5.74) is 0. The summed E-state index contributed by atoms with van der Waals surface area (Å²) < 4.78 is 0. The van der Waals surface area contributed by atoms with E-state index in [2.05, 4.69) is 20.4 Å². The lowest BCUT2D eigenvalue weighted by atomic mass is 10.4. The van der Waals surface area contributed by atoms with Crippen molar-refractivity contribution in [1.29, 1.82) is 0 Å². The minimum atomic E-state index is -0.948. The topological polar surface area (TPSA) is 102 Å². The molecule has 1 saturated heterocycles. The van der Waals surface area contributed by atoms with Gasteiger partial charge in [0.15, 0.2) is 0 Å². The third-order valence-corrected chi connectivity index (χ3v) is 3.76. The van der Waals surface area contributed by atoms with Crippen LogP contribution in [0.2, 0.25) is 0 Å². The Kier molecular flexibility index (Phi) is 8.57. The number of carboxylic acid groups (broad SMARTS) is 1. The van der Waals surface area contributed by atoms with Crippen LogP contribution in [0.3, 0.4) is 0 Å². The average Bonchev–Trinajstić information content (AvgIpc) is 2.84. The number of nitrogens with one attached hydrogen (secondary N) is 2. The van der Waals surface area contributed by atoms with Crippen LogP contribution in [0.1, 0.15) is 25.7 Å². The van der Waals surface area contributed by atoms with Crippen molar-refractivity contribution in [3.63, 3.8) is 0 Å². The number of likely N-dealkylation sites (tertiary alicyclic amines) is 1. The van der Waals surface area contributed by atoms with Crippen molar-refractivity contribution in [2.45, 2.75) is 31.7 Å². The zero-order chi connectivity index (χ0) is 17.2. The molecule has 132 valence electrons. The third-order valence-electron chi connectivity index (χ3n) is 3.76. The zero-order valence-electron chi connectivity index (χ0n) is 14.0. The summed E-state index contributed by atoms with van der Waals surface area (Å²) in [5, 5.41) is 13.7. The van der Waals surface area contributed by atoms with E-state index in [1.807, 2.05) is 14.1 Å². The van der Waals surface area contributed by atoms with Crippen LogP contribution in [0.15, 0.2) is 0 Å². The van der Waals surface area contributed by atoms with Gasteiger partial charge in [-0.15, -0.1) is 0 Å². The van der Waals surface area contributed by atoms with Crippen molar-refractivity contribution in [2.75, 3.05) is 46.8 Å². The fourth-order valence-electron chi connectivity index (χ4n) is 2.68. The van der Waals surface area contributed by atoms with Crippen molar-refractivity contribution < 1.29 is 19.5 Å². The molecular weight excluding hydrogens is 309 g/mol. The van der Waals surface area contributed by atoms with E-state index in [1.54, 1.807) is 0 Å². The van der Waals surface area contributed by atoms with Crippen molar-refractivity contribution in [1.82, 2.24) is 20.4 Å². The van der Waals surface area contributed by atoms with Crippen LogP contribution in [-0.2, 0) is 14.4 Å². The number of carboxylic acids is 1. The summed E-state index contributed by atoms with van der Waals surface area (Å²) in [7, 11) is 4.05. The minimum Gasteiger partial charge on any atom is -0.481 e. The van der Waals surface area contributed by atoms with Gasteiger partial charge < -0.3 is 20.6 Å². The number of likely N-dealkylation sites (N-methyl/N-ethyl adjacent to an activating group) is 1. The van der Waals surface area contributed by atoms with Gasteiger partial charge in [-0.25, -0.2) is 0 Å². The Hall–Kier alpha value is -1.67. The molecule has 2 amide bonds. The quantitative estimate of drug-likeness (QED) is 0.353. The number of amides is 2. The Labute approximate surface area is 137 Å². The molecule has 1 atom stereocenters. The smallest absolute Gasteiger partial charge is 0.305 e. The molecule has 8 heteroatoms. The molecule has 0 aromatic carbocycles. The number of rotatable bonds is 10. The SMILES string of the molecule is [13CH3]N([13CH3])[13CH2][13CH]1[13CH2][13CH2][13CH2]N1CC(=O)[15NH]CCC(=O)[15NH]CCC(=O)O. The van der Waals surface area contributed by atoms with E-state index in [0.717, 1.165) is 25.9 Å². The standard InChI is InChI=1S/C15H28N4O4/c1-18(2)10-12-4-3-9-19(12)11-14(21)17-7-5-13(20)16-8-6-15(22)23/h12H,3-11H2,1-2H3,(H,16,20)(H,17,21)(H,22,23)/i1+1,2+1,3+1,4+1,9+1,10+1,12+1,16+1,17+1. The summed E-state index contributed by atoms with van der Waals surface area (Å²) in [6.45, 7) is 2.62. The Morgan fingerprint density at radius 2 is 1.78 bits per heavy atom. The number of carbonyl (C=O) groups is 3. The lowest BCUT2D eigenvalue weighted by Crippen LogP contribution is -2.44. The van der Waals surface area contributed by atoms with Gasteiger partial charge in [-0.05, 0) is 33.5 Å². The summed E-state index contributed by atoms with van der Waals surface area (Å²) >= 11 is 0. The molecule has 1 unspecified atom stereocenters. The predicted molar refractivity (Wildman–Crippen MR) is 86.0 cm³/mol. The van der Waals surface area contributed by atoms with Crippen LogP contribution in [-0.4, -0.2) is 85.6 Å². The lowest BCUT2D eigenvalue weighted by Gasteiger charge is -2.26. The van der Waals surface area contributed by atoms with Crippen LogP contribution in [0, 0.1) is 0 Å². The van der Waals surface area contributed by atoms with E-state index in [1.165, 1.54) is 0 Å². The molecule has 1 aliphatic heterocycles. The first-order valence-corrected chi connectivity index (χ1v) is 8.02. The molecule has 1 fully saturated rings.